The van der Waals surface area contributed by atoms with Gasteiger partial charge in [0.25, 0.3) is 0 Å². The second kappa shape index (κ2) is 9.64. The van der Waals surface area contributed by atoms with Crippen molar-refractivity contribution in [2.75, 3.05) is 27.9 Å². The lowest BCUT2D eigenvalue weighted by atomic mass is 10.0. The smallest absolute Gasteiger partial charge is 0.243 e. The summed E-state index contributed by atoms with van der Waals surface area (Å²) in [5.41, 5.74) is 3.65. The molecule has 0 unspecified atom stereocenters. The molecule has 33 heavy (non-hydrogen) atoms. The van der Waals surface area contributed by atoms with E-state index in [0.717, 1.165) is 11.1 Å². The fraction of sp³-hybridized carbons (Fsp3) is 0.240. The summed E-state index contributed by atoms with van der Waals surface area (Å²) in [7, 11) is 1.08. The van der Waals surface area contributed by atoms with E-state index in [9.17, 15) is 8.42 Å². The van der Waals surface area contributed by atoms with E-state index in [1.807, 2.05) is 18.2 Å². The van der Waals surface area contributed by atoms with E-state index < -0.39 is 10.0 Å². The van der Waals surface area contributed by atoms with Crippen molar-refractivity contribution in [3.05, 3.63) is 77.4 Å². The number of methoxy groups -OCH3 is 3. The highest BCUT2D eigenvalue weighted by Crippen LogP contribution is 2.38. The largest absolute Gasteiger partial charge is 0.493 e. The van der Waals surface area contributed by atoms with E-state index in [1.54, 1.807) is 63.9 Å². The van der Waals surface area contributed by atoms with E-state index >= 15 is 0 Å². The third-order valence-corrected chi connectivity index (χ3v) is 7.48. The van der Waals surface area contributed by atoms with Crippen LogP contribution in [-0.4, -0.2) is 46.8 Å². The predicted molar refractivity (Wildman–Crippen MR) is 128 cm³/mol. The van der Waals surface area contributed by atoms with E-state index in [4.69, 9.17) is 14.2 Å². The van der Waals surface area contributed by atoms with Gasteiger partial charge < -0.3 is 14.2 Å². The van der Waals surface area contributed by atoms with Crippen LogP contribution in [0.15, 0.2) is 70.6 Å². The Kier molecular flexibility index (Phi) is 6.67. The Morgan fingerprint density at radius 2 is 1.52 bits per heavy atom. The van der Waals surface area contributed by atoms with Crippen LogP contribution in [0.2, 0.25) is 0 Å². The van der Waals surface area contributed by atoms with Crippen LogP contribution in [0.1, 0.15) is 16.7 Å². The lowest BCUT2D eigenvalue weighted by Crippen LogP contribution is -2.35. The van der Waals surface area contributed by atoms with Crippen molar-refractivity contribution >= 4 is 21.9 Å². The SMILES string of the molecule is COc1cc(C=Nc2ccc(S(=O)(=O)N3CCc4ccccc4C3)cc2)cc(OC)c1OC. The van der Waals surface area contributed by atoms with Gasteiger partial charge in [-0.25, -0.2) is 8.42 Å². The van der Waals surface area contributed by atoms with Gasteiger partial charge in [-0.15, -0.1) is 0 Å². The highest BCUT2D eigenvalue weighted by molar-refractivity contribution is 7.89. The van der Waals surface area contributed by atoms with Crippen molar-refractivity contribution in [2.24, 2.45) is 4.99 Å². The fourth-order valence-electron chi connectivity index (χ4n) is 3.85. The van der Waals surface area contributed by atoms with Gasteiger partial charge in [-0.2, -0.15) is 4.31 Å². The lowest BCUT2D eigenvalue weighted by molar-refractivity contribution is 0.324. The Morgan fingerprint density at radius 3 is 2.12 bits per heavy atom. The molecule has 4 rings (SSSR count). The molecule has 1 aliphatic rings. The standard InChI is InChI=1S/C25H26N2O5S/c1-30-23-14-18(15-24(31-2)25(23)32-3)16-26-21-8-10-22(11-9-21)33(28,29)27-13-12-19-6-4-5-7-20(19)17-27/h4-11,14-16H,12-13,17H2,1-3H3. The average molecular weight is 467 g/mol. The molecular formula is C25H26N2O5S. The van der Waals surface area contributed by atoms with Gasteiger partial charge in [0.15, 0.2) is 11.5 Å². The molecule has 8 heteroatoms. The van der Waals surface area contributed by atoms with E-state index in [-0.39, 0.29) is 4.90 Å². The lowest BCUT2D eigenvalue weighted by Gasteiger charge is -2.28. The van der Waals surface area contributed by atoms with Gasteiger partial charge in [0.1, 0.15) is 0 Å². The molecule has 0 amide bonds. The minimum atomic E-state index is -3.58. The Morgan fingerprint density at radius 1 is 0.879 bits per heavy atom. The summed E-state index contributed by atoms with van der Waals surface area (Å²) >= 11 is 0. The van der Waals surface area contributed by atoms with Gasteiger partial charge in [0.05, 0.1) is 31.9 Å². The molecule has 3 aromatic rings. The molecule has 0 saturated heterocycles. The molecule has 3 aromatic carbocycles. The minimum absolute atomic E-state index is 0.258. The van der Waals surface area contributed by atoms with Gasteiger partial charge in [-0.1, -0.05) is 24.3 Å². The molecule has 172 valence electrons. The predicted octanol–water partition coefficient (Wildman–Crippen LogP) is 4.21. The summed E-state index contributed by atoms with van der Waals surface area (Å²) in [6.07, 6.45) is 2.38. The fourth-order valence-corrected chi connectivity index (χ4v) is 5.27. The Bertz CT molecular complexity index is 1250. The van der Waals surface area contributed by atoms with Crippen LogP contribution in [-0.2, 0) is 23.0 Å². The summed E-state index contributed by atoms with van der Waals surface area (Å²) in [6.45, 7) is 0.861. The van der Waals surface area contributed by atoms with E-state index in [2.05, 4.69) is 11.1 Å². The van der Waals surface area contributed by atoms with Crippen molar-refractivity contribution in [3.8, 4) is 17.2 Å². The number of aliphatic imine (C=N–C) groups is 1. The maximum Gasteiger partial charge on any atom is 0.243 e. The summed E-state index contributed by atoms with van der Waals surface area (Å²) < 4.78 is 43.9. The van der Waals surface area contributed by atoms with E-state index in [0.29, 0.717) is 42.4 Å². The molecule has 0 aliphatic carbocycles. The second-order valence-corrected chi connectivity index (χ2v) is 9.51. The quantitative estimate of drug-likeness (QED) is 0.488. The number of fused-ring (bicyclic) bond motifs is 1. The Hall–Kier alpha value is -3.36. The van der Waals surface area contributed by atoms with Gasteiger partial charge in [-0.05, 0) is 53.9 Å². The summed E-state index contributed by atoms with van der Waals surface area (Å²) in [6, 6.07) is 18.1. The van der Waals surface area contributed by atoms with Crippen LogP contribution in [0.3, 0.4) is 0 Å². The first-order chi connectivity index (χ1) is 16.0. The zero-order valence-electron chi connectivity index (χ0n) is 18.8. The maximum atomic E-state index is 13.1. The topological polar surface area (TPSA) is 77.4 Å². The molecule has 0 aromatic heterocycles. The van der Waals surface area contributed by atoms with Crippen molar-refractivity contribution < 1.29 is 22.6 Å². The number of hydrogen-bond donors (Lipinski definition) is 0. The number of benzene rings is 3. The minimum Gasteiger partial charge on any atom is -0.493 e. The number of rotatable bonds is 7. The first-order valence-corrected chi connectivity index (χ1v) is 11.9. The molecule has 7 nitrogen and oxygen atoms in total. The van der Waals surface area contributed by atoms with Crippen molar-refractivity contribution in [1.29, 1.82) is 0 Å². The highest BCUT2D eigenvalue weighted by atomic mass is 32.2. The monoisotopic (exact) mass is 466 g/mol. The van der Waals surface area contributed by atoms with Crippen molar-refractivity contribution in [2.45, 2.75) is 17.9 Å². The number of nitrogens with zero attached hydrogens (tertiary/aromatic N) is 2. The normalized spacial score (nSPS) is 14.2. The van der Waals surface area contributed by atoms with Gasteiger partial charge in [0, 0.05) is 24.9 Å². The summed E-state index contributed by atoms with van der Waals surface area (Å²) in [4.78, 5) is 4.72. The van der Waals surface area contributed by atoms with Gasteiger partial charge in [0.2, 0.25) is 15.8 Å². The van der Waals surface area contributed by atoms with Crippen LogP contribution in [0.5, 0.6) is 17.2 Å². The molecule has 1 heterocycles. The first-order valence-electron chi connectivity index (χ1n) is 10.5. The van der Waals surface area contributed by atoms with Crippen LogP contribution < -0.4 is 14.2 Å². The molecule has 0 fully saturated rings. The molecule has 0 N–H and O–H groups in total. The molecule has 0 saturated carbocycles. The third-order valence-electron chi connectivity index (χ3n) is 5.62. The van der Waals surface area contributed by atoms with Crippen LogP contribution in [0.25, 0.3) is 0 Å². The first kappa shape index (κ1) is 22.8. The van der Waals surface area contributed by atoms with E-state index in [1.165, 1.54) is 9.87 Å². The number of sulfonamides is 1. The molecule has 0 bridgehead atoms. The van der Waals surface area contributed by atoms with Crippen LogP contribution in [0.4, 0.5) is 5.69 Å². The molecule has 0 atom stereocenters. The Labute approximate surface area is 194 Å². The average Bonchev–Trinajstić information content (AvgIpc) is 2.86. The van der Waals surface area contributed by atoms with Crippen LogP contribution >= 0.6 is 0 Å². The maximum absolute atomic E-state index is 13.1. The number of hydrogen-bond acceptors (Lipinski definition) is 6. The third kappa shape index (κ3) is 4.72. The zero-order valence-corrected chi connectivity index (χ0v) is 19.6. The van der Waals surface area contributed by atoms with Gasteiger partial charge >= 0.3 is 0 Å². The highest BCUT2D eigenvalue weighted by Gasteiger charge is 2.28. The zero-order chi connectivity index (χ0) is 23.4. The number of ether oxygens (including phenoxy) is 3. The van der Waals surface area contributed by atoms with Crippen molar-refractivity contribution in [1.82, 2.24) is 4.31 Å². The second-order valence-electron chi connectivity index (χ2n) is 7.57. The molecule has 1 aliphatic heterocycles. The van der Waals surface area contributed by atoms with Crippen molar-refractivity contribution in [3.63, 3.8) is 0 Å². The molecule has 0 radical (unpaired) electrons. The summed E-state index contributed by atoms with van der Waals surface area (Å²) in [5.74, 6) is 1.57. The summed E-state index contributed by atoms with van der Waals surface area (Å²) in [5, 5.41) is 0. The molecule has 0 spiro atoms. The molecular weight excluding hydrogens is 440 g/mol. The van der Waals surface area contributed by atoms with Gasteiger partial charge in [-0.3, -0.25) is 4.99 Å². The van der Waals surface area contributed by atoms with Crippen LogP contribution in [0, 0.1) is 0 Å². The Balaban J connectivity index is 1.52.